The Bertz CT molecular complexity index is 439. The molecule has 3 amide bonds. The van der Waals surface area contributed by atoms with Crippen LogP contribution in [0.25, 0.3) is 0 Å². The third kappa shape index (κ3) is 7.02. The second kappa shape index (κ2) is 10.2. The first-order valence-corrected chi connectivity index (χ1v) is 9.46. The van der Waals surface area contributed by atoms with Crippen molar-refractivity contribution in [1.82, 2.24) is 15.5 Å². The average molecular weight is 375 g/mol. The molecule has 1 saturated heterocycles. The molecule has 2 rings (SSSR count). The Morgan fingerprint density at radius 3 is 2.48 bits per heavy atom. The van der Waals surface area contributed by atoms with E-state index in [1.165, 1.54) is 19.3 Å². The number of piperidine rings is 1. The number of nitrogens with zero attached hydrogens (tertiary/aromatic N) is 1. The van der Waals surface area contributed by atoms with Crippen LogP contribution >= 0.6 is 12.4 Å². The number of nitrogens with one attached hydrogen (secondary N) is 2. The number of hydrogen-bond acceptors (Lipinski definition) is 3. The van der Waals surface area contributed by atoms with Gasteiger partial charge in [-0.05, 0) is 31.1 Å². The van der Waals surface area contributed by atoms with Crippen molar-refractivity contribution in [2.45, 2.75) is 77.3 Å². The number of nitrogens with two attached hydrogens (primary N) is 1. The maximum atomic E-state index is 12.3. The molecule has 1 atom stereocenters. The minimum atomic E-state index is -0.0978. The Kier molecular flexibility index (Phi) is 9.00. The molecule has 1 saturated carbocycles. The summed E-state index contributed by atoms with van der Waals surface area (Å²) in [7, 11) is 0. The maximum Gasteiger partial charge on any atom is 0.315 e. The van der Waals surface area contributed by atoms with E-state index < -0.39 is 0 Å². The van der Waals surface area contributed by atoms with Gasteiger partial charge in [0.2, 0.25) is 5.91 Å². The van der Waals surface area contributed by atoms with Gasteiger partial charge in [0.1, 0.15) is 0 Å². The van der Waals surface area contributed by atoms with Crippen LogP contribution < -0.4 is 16.4 Å². The van der Waals surface area contributed by atoms with Gasteiger partial charge in [-0.25, -0.2) is 4.79 Å². The summed E-state index contributed by atoms with van der Waals surface area (Å²) in [5, 5.41) is 5.90. The third-order valence-electron chi connectivity index (χ3n) is 5.46. The van der Waals surface area contributed by atoms with Gasteiger partial charge < -0.3 is 21.3 Å². The van der Waals surface area contributed by atoms with Gasteiger partial charge in [0.05, 0.1) is 0 Å². The fourth-order valence-electron chi connectivity index (χ4n) is 3.67. The molecule has 0 aromatic carbocycles. The average Bonchev–Trinajstić information content (AvgIpc) is 2.55. The SMILES string of the molecule is CC1(C)CN(C(=O)CCCNC(=O)NC2CCCCC2)CCC1N.Cl. The van der Waals surface area contributed by atoms with E-state index in [1.54, 1.807) is 0 Å². The van der Waals surface area contributed by atoms with Crippen LogP contribution in [0.1, 0.15) is 65.2 Å². The lowest BCUT2D eigenvalue weighted by Crippen LogP contribution is -2.54. The van der Waals surface area contributed by atoms with Crippen LogP contribution in [0.4, 0.5) is 4.79 Å². The first-order chi connectivity index (χ1) is 11.4. The quantitative estimate of drug-likeness (QED) is 0.645. The number of likely N-dealkylation sites (tertiary alicyclic amines) is 1. The summed E-state index contributed by atoms with van der Waals surface area (Å²) in [6.07, 6.45) is 7.87. The Morgan fingerprint density at radius 2 is 1.84 bits per heavy atom. The van der Waals surface area contributed by atoms with E-state index in [2.05, 4.69) is 24.5 Å². The molecule has 2 fully saturated rings. The van der Waals surface area contributed by atoms with Gasteiger partial charge in [-0.3, -0.25) is 4.79 Å². The standard InChI is InChI=1S/C18H34N4O2.ClH/c1-18(2)13-22(12-10-15(18)19)16(23)9-6-11-20-17(24)21-14-7-4-3-5-8-14;/h14-15H,3-13,19H2,1-2H3,(H2,20,21,24);1H. The highest BCUT2D eigenvalue weighted by Crippen LogP contribution is 2.28. The fraction of sp³-hybridized carbons (Fsp3) is 0.889. The van der Waals surface area contributed by atoms with Crippen LogP contribution in [0.3, 0.4) is 0 Å². The minimum absolute atomic E-state index is 0. The van der Waals surface area contributed by atoms with E-state index in [4.69, 9.17) is 5.73 Å². The molecule has 4 N–H and O–H groups in total. The summed E-state index contributed by atoms with van der Waals surface area (Å²) in [4.78, 5) is 26.1. The summed E-state index contributed by atoms with van der Waals surface area (Å²) in [5.74, 6) is 0.171. The lowest BCUT2D eigenvalue weighted by molar-refractivity contribution is -0.134. The lowest BCUT2D eigenvalue weighted by Gasteiger charge is -2.42. The van der Waals surface area contributed by atoms with E-state index in [9.17, 15) is 9.59 Å². The number of carbonyl (C=O) groups is 2. The van der Waals surface area contributed by atoms with Crippen molar-refractivity contribution < 1.29 is 9.59 Å². The number of rotatable bonds is 5. The van der Waals surface area contributed by atoms with E-state index >= 15 is 0 Å². The van der Waals surface area contributed by atoms with Crippen LogP contribution in [-0.4, -0.2) is 48.6 Å². The summed E-state index contributed by atoms with van der Waals surface area (Å²) >= 11 is 0. The zero-order chi connectivity index (χ0) is 17.6. The fourth-order valence-corrected chi connectivity index (χ4v) is 3.67. The highest BCUT2D eigenvalue weighted by molar-refractivity contribution is 5.85. The van der Waals surface area contributed by atoms with Crippen molar-refractivity contribution in [1.29, 1.82) is 0 Å². The second-order valence-corrected chi connectivity index (χ2v) is 8.04. The Morgan fingerprint density at radius 1 is 1.16 bits per heavy atom. The Labute approximate surface area is 158 Å². The van der Waals surface area contributed by atoms with Crippen LogP contribution in [0, 0.1) is 5.41 Å². The van der Waals surface area contributed by atoms with E-state index in [-0.39, 0.29) is 35.8 Å². The molecule has 6 nitrogen and oxygen atoms in total. The molecule has 1 unspecified atom stereocenters. The summed E-state index contributed by atoms with van der Waals surface area (Å²) in [5.41, 5.74) is 6.09. The summed E-state index contributed by atoms with van der Waals surface area (Å²) < 4.78 is 0. The molecule has 1 heterocycles. The van der Waals surface area contributed by atoms with Crippen molar-refractivity contribution in [3.05, 3.63) is 0 Å². The molecule has 0 aromatic heterocycles. The van der Waals surface area contributed by atoms with E-state index in [1.807, 2.05) is 4.90 Å². The van der Waals surface area contributed by atoms with Crippen molar-refractivity contribution in [2.75, 3.05) is 19.6 Å². The van der Waals surface area contributed by atoms with Crippen LogP contribution in [-0.2, 0) is 4.79 Å². The molecule has 7 heteroatoms. The second-order valence-electron chi connectivity index (χ2n) is 8.04. The number of hydrogen-bond donors (Lipinski definition) is 3. The molecule has 0 aromatic rings. The molecular formula is C18H35ClN4O2. The zero-order valence-electron chi connectivity index (χ0n) is 15.7. The number of carbonyl (C=O) groups excluding carboxylic acids is 2. The van der Waals surface area contributed by atoms with Crippen LogP contribution in [0.5, 0.6) is 0 Å². The monoisotopic (exact) mass is 374 g/mol. The molecule has 0 bridgehead atoms. The van der Waals surface area contributed by atoms with E-state index in [0.717, 1.165) is 32.4 Å². The zero-order valence-corrected chi connectivity index (χ0v) is 16.5. The largest absolute Gasteiger partial charge is 0.342 e. The summed E-state index contributed by atoms with van der Waals surface area (Å²) in [6, 6.07) is 0.381. The van der Waals surface area contributed by atoms with Crippen molar-refractivity contribution >= 4 is 24.3 Å². The van der Waals surface area contributed by atoms with Gasteiger partial charge >= 0.3 is 6.03 Å². The van der Waals surface area contributed by atoms with Crippen LogP contribution in [0.15, 0.2) is 0 Å². The van der Waals surface area contributed by atoms with Gasteiger partial charge in [0, 0.05) is 38.1 Å². The predicted octanol–water partition coefficient (Wildman–Crippen LogP) is 2.41. The Hall–Kier alpha value is -1.01. The molecule has 0 radical (unpaired) electrons. The normalized spacial score (nSPS) is 23.5. The van der Waals surface area contributed by atoms with Gasteiger partial charge in [0.25, 0.3) is 0 Å². The molecule has 1 aliphatic heterocycles. The number of urea groups is 1. The molecule has 2 aliphatic rings. The molecule has 0 spiro atoms. The lowest BCUT2D eigenvalue weighted by atomic mass is 9.79. The third-order valence-corrected chi connectivity index (χ3v) is 5.46. The number of halogens is 1. The van der Waals surface area contributed by atoms with Gasteiger partial charge in [-0.15, -0.1) is 12.4 Å². The predicted molar refractivity (Wildman–Crippen MR) is 103 cm³/mol. The molecule has 146 valence electrons. The minimum Gasteiger partial charge on any atom is -0.342 e. The van der Waals surface area contributed by atoms with Crippen molar-refractivity contribution in [3.8, 4) is 0 Å². The Balaban J connectivity index is 0.00000312. The highest BCUT2D eigenvalue weighted by Gasteiger charge is 2.34. The smallest absolute Gasteiger partial charge is 0.315 e. The molecule has 25 heavy (non-hydrogen) atoms. The van der Waals surface area contributed by atoms with Crippen molar-refractivity contribution in [2.24, 2.45) is 11.1 Å². The molecule has 1 aliphatic carbocycles. The molecular weight excluding hydrogens is 340 g/mol. The van der Waals surface area contributed by atoms with Gasteiger partial charge in [0.15, 0.2) is 0 Å². The first-order valence-electron chi connectivity index (χ1n) is 9.46. The number of amides is 3. The maximum absolute atomic E-state index is 12.3. The van der Waals surface area contributed by atoms with Gasteiger partial charge in [-0.2, -0.15) is 0 Å². The topological polar surface area (TPSA) is 87.5 Å². The van der Waals surface area contributed by atoms with Crippen molar-refractivity contribution in [3.63, 3.8) is 0 Å². The van der Waals surface area contributed by atoms with E-state index in [0.29, 0.717) is 25.4 Å². The highest BCUT2D eigenvalue weighted by atomic mass is 35.5. The van der Waals surface area contributed by atoms with Crippen LogP contribution in [0.2, 0.25) is 0 Å². The summed E-state index contributed by atoms with van der Waals surface area (Å²) in [6.45, 7) is 6.26. The van der Waals surface area contributed by atoms with Gasteiger partial charge in [-0.1, -0.05) is 33.1 Å². The first kappa shape index (κ1) is 22.0.